The molecule has 6 N–H and O–H groups in total. The number of rotatable bonds is 2. The number of pyridine rings is 1. The first-order valence-electron chi connectivity index (χ1n) is 7.54. The van der Waals surface area contributed by atoms with Gasteiger partial charge in [-0.15, -0.1) is 0 Å². The van der Waals surface area contributed by atoms with Crippen LogP contribution in [0.5, 0.6) is 0 Å². The minimum absolute atomic E-state index is 0.0164. The van der Waals surface area contributed by atoms with E-state index in [1.165, 1.54) is 0 Å². The number of aliphatic imine (C=N–C) groups is 1. The number of anilines is 3. The van der Waals surface area contributed by atoms with Crippen LogP contribution in [0.2, 0.25) is 0 Å². The molecular formula is C16H10F4N8. The Morgan fingerprint density at radius 2 is 1.89 bits per heavy atom. The number of nitrogen functional groups attached to an aromatic ring is 2. The van der Waals surface area contributed by atoms with Crippen LogP contribution in [0.3, 0.4) is 0 Å². The highest BCUT2D eigenvalue weighted by molar-refractivity contribution is 5.98. The zero-order valence-corrected chi connectivity index (χ0v) is 13.8. The van der Waals surface area contributed by atoms with Crippen molar-refractivity contribution < 1.29 is 17.6 Å². The number of benzene rings is 1. The van der Waals surface area contributed by atoms with Crippen molar-refractivity contribution in [1.82, 2.24) is 10.3 Å². The smallest absolute Gasteiger partial charge is 0.266 e. The van der Waals surface area contributed by atoms with Crippen LogP contribution in [-0.4, -0.2) is 10.9 Å². The molecule has 0 aliphatic carbocycles. The van der Waals surface area contributed by atoms with Crippen LogP contribution in [0.15, 0.2) is 17.1 Å². The van der Waals surface area contributed by atoms with E-state index in [2.05, 4.69) is 20.6 Å². The lowest BCUT2D eigenvalue weighted by Gasteiger charge is -2.26. The van der Waals surface area contributed by atoms with Gasteiger partial charge >= 0.3 is 0 Å². The molecule has 0 spiro atoms. The zero-order valence-electron chi connectivity index (χ0n) is 13.8. The second kappa shape index (κ2) is 6.92. The highest BCUT2D eigenvalue weighted by Gasteiger charge is 2.32. The molecule has 0 fully saturated rings. The van der Waals surface area contributed by atoms with E-state index in [0.29, 0.717) is 12.1 Å². The molecule has 2 heterocycles. The molecule has 1 aromatic carbocycles. The van der Waals surface area contributed by atoms with Gasteiger partial charge in [0.05, 0.1) is 11.3 Å². The Kier molecular flexibility index (Phi) is 4.63. The summed E-state index contributed by atoms with van der Waals surface area (Å²) in [7, 11) is 0. The maximum atomic E-state index is 14.5. The van der Waals surface area contributed by atoms with Gasteiger partial charge in [0.2, 0.25) is 5.96 Å². The molecule has 0 amide bonds. The number of nitrogens with two attached hydrogens (primary N) is 2. The Balaban J connectivity index is 2.28. The van der Waals surface area contributed by atoms with Crippen LogP contribution in [0, 0.1) is 34.4 Å². The Morgan fingerprint density at radius 1 is 1.18 bits per heavy atom. The van der Waals surface area contributed by atoms with E-state index in [1.54, 1.807) is 12.3 Å². The number of fused-ring (bicyclic) bond motifs is 1. The van der Waals surface area contributed by atoms with E-state index in [1.807, 2.05) is 0 Å². The van der Waals surface area contributed by atoms with E-state index in [-0.39, 0.29) is 34.4 Å². The lowest BCUT2D eigenvalue weighted by Crippen LogP contribution is -2.33. The van der Waals surface area contributed by atoms with Crippen molar-refractivity contribution in [1.29, 1.82) is 10.5 Å². The molecule has 0 saturated heterocycles. The Hall–Kier alpha value is -4.06. The van der Waals surface area contributed by atoms with Crippen LogP contribution < -0.4 is 22.1 Å². The lowest BCUT2D eigenvalue weighted by atomic mass is 9.94. The van der Waals surface area contributed by atoms with Gasteiger partial charge in [-0.2, -0.15) is 10.5 Å². The molecule has 0 radical (unpaired) electrons. The molecule has 142 valence electrons. The Labute approximate surface area is 155 Å². The summed E-state index contributed by atoms with van der Waals surface area (Å²) in [6.07, 6.45) is -1.63. The van der Waals surface area contributed by atoms with Crippen LogP contribution in [0.25, 0.3) is 0 Å². The molecule has 1 aromatic heterocycles. The Bertz CT molecular complexity index is 1080. The van der Waals surface area contributed by atoms with Crippen molar-refractivity contribution in [2.45, 2.75) is 12.5 Å². The summed E-state index contributed by atoms with van der Waals surface area (Å²) in [4.78, 5) is 7.98. The average molecular weight is 390 g/mol. The highest BCUT2D eigenvalue weighted by Crippen LogP contribution is 2.42. The summed E-state index contributed by atoms with van der Waals surface area (Å²) in [6, 6.07) is 1.29. The topological polar surface area (TPSA) is 149 Å². The van der Waals surface area contributed by atoms with E-state index < -0.39 is 35.2 Å². The average Bonchev–Trinajstić information content (AvgIpc) is 2.62. The van der Waals surface area contributed by atoms with Gasteiger partial charge in [0, 0.05) is 11.1 Å². The first kappa shape index (κ1) is 18.7. The minimum atomic E-state index is -3.22. The molecular weight excluding hydrogens is 380 g/mol. The summed E-state index contributed by atoms with van der Waals surface area (Å²) >= 11 is 0. The fraction of sp³-hybridized carbons (Fsp3) is 0.125. The fourth-order valence-corrected chi connectivity index (χ4v) is 2.76. The van der Waals surface area contributed by atoms with E-state index in [0.717, 1.165) is 0 Å². The van der Waals surface area contributed by atoms with E-state index >= 15 is 0 Å². The number of nitrogens with one attached hydrogen (secondary N) is 2. The van der Waals surface area contributed by atoms with Crippen LogP contribution in [-0.2, 0) is 0 Å². The normalized spacial score (nSPS) is 15.1. The number of halogens is 4. The van der Waals surface area contributed by atoms with Gasteiger partial charge in [0.1, 0.15) is 40.9 Å². The third-order valence-corrected chi connectivity index (χ3v) is 4.00. The number of guanidine groups is 1. The fourth-order valence-electron chi connectivity index (χ4n) is 2.76. The predicted octanol–water partition coefficient (Wildman–Crippen LogP) is 2.28. The molecule has 1 aliphatic heterocycles. The predicted molar refractivity (Wildman–Crippen MR) is 90.7 cm³/mol. The molecule has 8 nitrogen and oxygen atoms in total. The molecule has 28 heavy (non-hydrogen) atoms. The number of nitriles is 2. The molecule has 1 unspecified atom stereocenters. The quantitative estimate of drug-likeness (QED) is 0.349. The van der Waals surface area contributed by atoms with Gasteiger partial charge in [0.25, 0.3) is 6.43 Å². The number of nitrogens with zero attached hydrogens (tertiary/aromatic N) is 4. The van der Waals surface area contributed by atoms with Gasteiger partial charge in [-0.05, 0) is 12.1 Å². The summed E-state index contributed by atoms with van der Waals surface area (Å²) in [5.41, 5.74) is 9.65. The van der Waals surface area contributed by atoms with Crippen LogP contribution >= 0.6 is 0 Å². The zero-order chi connectivity index (χ0) is 20.6. The SMILES string of the molecule is N#CNC1=NC(c2cc(F)c(C(F)F)cc2F)c2c(nc(N)c(C#N)c2N)N1. The van der Waals surface area contributed by atoms with Crippen molar-refractivity contribution >= 4 is 23.3 Å². The molecule has 0 saturated carbocycles. The third kappa shape index (κ3) is 2.97. The van der Waals surface area contributed by atoms with Gasteiger partial charge in [-0.1, -0.05) is 0 Å². The molecule has 2 aromatic rings. The van der Waals surface area contributed by atoms with Crippen LogP contribution in [0.4, 0.5) is 34.9 Å². The number of hydrogen-bond donors (Lipinski definition) is 4. The number of hydrogen-bond acceptors (Lipinski definition) is 8. The summed E-state index contributed by atoms with van der Waals surface area (Å²) in [5.74, 6) is -3.00. The van der Waals surface area contributed by atoms with Crippen molar-refractivity contribution in [3.05, 3.63) is 46.0 Å². The third-order valence-electron chi connectivity index (χ3n) is 4.00. The van der Waals surface area contributed by atoms with Crippen molar-refractivity contribution in [2.75, 3.05) is 16.8 Å². The van der Waals surface area contributed by atoms with Gasteiger partial charge in [-0.25, -0.2) is 27.5 Å². The van der Waals surface area contributed by atoms with Crippen molar-refractivity contribution in [3.8, 4) is 12.3 Å². The monoisotopic (exact) mass is 390 g/mol. The minimum Gasteiger partial charge on any atom is -0.397 e. The maximum Gasteiger partial charge on any atom is 0.266 e. The van der Waals surface area contributed by atoms with E-state index in [4.69, 9.17) is 16.7 Å². The maximum absolute atomic E-state index is 14.5. The van der Waals surface area contributed by atoms with Gasteiger partial charge in [-0.3, -0.25) is 5.32 Å². The molecule has 3 rings (SSSR count). The Morgan fingerprint density at radius 3 is 2.50 bits per heavy atom. The van der Waals surface area contributed by atoms with E-state index in [9.17, 15) is 22.8 Å². The van der Waals surface area contributed by atoms with Gasteiger partial charge in [0.15, 0.2) is 6.19 Å². The number of aromatic nitrogens is 1. The van der Waals surface area contributed by atoms with Crippen LogP contribution in [0.1, 0.15) is 34.7 Å². The highest BCUT2D eigenvalue weighted by atomic mass is 19.3. The molecule has 12 heteroatoms. The second-order valence-electron chi connectivity index (χ2n) is 5.60. The molecule has 0 bridgehead atoms. The standard InChI is InChI=1S/C16H10F4N8/c17-8-2-6(13(19)20)9(18)1-5(8)12-10-11(23)7(3-21)14(24)27-15(10)28-16(26-12)25-4-22/h1-2,12-13H,(H6,23,24,25,26,27,28). The number of alkyl halides is 2. The molecule has 1 aliphatic rings. The van der Waals surface area contributed by atoms with Crippen molar-refractivity contribution in [3.63, 3.8) is 0 Å². The molecule has 1 atom stereocenters. The summed E-state index contributed by atoms with van der Waals surface area (Å²) in [6.45, 7) is 0. The van der Waals surface area contributed by atoms with Gasteiger partial charge < -0.3 is 16.8 Å². The first-order valence-corrected chi connectivity index (χ1v) is 7.54. The summed E-state index contributed by atoms with van der Waals surface area (Å²) < 4.78 is 54.3. The lowest BCUT2D eigenvalue weighted by molar-refractivity contribution is 0.145. The summed E-state index contributed by atoms with van der Waals surface area (Å²) in [5, 5.41) is 22.8. The second-order valence-corrected chi connectivity index (χ2v) is 5.60. The van der Waals surface area contributed by atoms with Crippen molar-refractivity contribution in [2.24, 2.45) is 4.99 Å². The largest absolute Gasteiger partial charge is 0.397 e. The first-order chi connectivity index (χ1) is 13.3.